The van der Waals surface area contributed by atoms with E-state index in [9.17, 15) is 29.7 Å². The van der Waals surface area contributed by atoms with Gasteiger partial charge in [0.25, 0.3) is 0 Å². The molecule has 0 radical (unpaired) electrons. The number of ketones is 1. The molecule has 0 saturated carbocycles. The fourth-order valence-electron chi connectivity index (χ4n) is 3.24. The van der Waals surface area contributed by atoms with Crippen molar-refractivity contribution in [2.75, 3.05) is 0 Å². The van der Waals surface area contributed by atoms with Gasteiger partial charge in [0.05, 0.1) is 11.1 Å². The lowest BCUT2D eigenvalue weighted by atomic mass is 10.0. The molecule has 2 aromatic carbocycles. The quantitative estimate of drug-likeness (QED) is 0.367. The molecular weight excluding hydrogens is 394 g/mol. The van der Waals surface area contributed by atoms with Gasteiger partial charge in [-0.1, -0.05) is 42.5 Å². The van der Waals surface area contributed by atoms with Crippen LogP contribution in [0.15, 0.2) is 54.7 Å². The van der Waals surface area contributed by atoms with Crippen molar-refractivity contribution < 1.29 is 29.7 Å². The van der Waals surface area contributed by atoms with Gasteiger partial charge in [-0.15, -0.1) is 11.3 Å². The highest BCUT2D eigenvalue weighted by Crippen LogP contribution is 2.43. The number of carbonyl (C=O) groups is 3. The van der Waals surface area contributed by atoms with Crippen molar-refractivity contribution >= 4 is 40.0 Å². The molecule has 0 aliphatic rings. The van der Waals surface area contributed by atoms with Crippen LogP contribution in [0.4, 0.5) is 0 Å². The number of benzene rings is 2. The van der Waals surface area contributed by atoms with E-state index in [1.54, 1.807) is 36.4 Å². The lowest BCUT2D eigenvalue weighted by Crippen LogP contribution is -1.99. The number of aromatic nitrogens is 1. The monoisotopic (exact) mass is 407 g/mol. The Bertz CT molecular complexity index is 1290. The van der Waals surface area contributed by atoms with E-state index in [0.29, 0.717) is 22.3 Å². The SMILES string of the molecule is O=C(O)c1sc(C(=O)c2c[nH]c3c(C(=O)O)cccc23)c(O)c1-c1ccccc1. The van der Waals surface area contributed by atoms with E-state index in [1.807, 2.05) is 0 Å². The molecule has 7 nitrogen and oxygen atoms in total. The average molecular weight is 407 g/mol. The molecule has 0 aliphatic carbocycles. The second-order valence-electron chi connectivity index (χ2n) is 6.22. The highest BCUT2D eigenvalue weighted by molar-refractivity contribution is 7.17. The number of hydrogen-bond donors (Lipinski definition) is 4. The van der Waals surface area contributed by atoms with Crippen LogP contribution in [-0.4, -0.2) is 38.0 Å². The van der Waals surface area contributed by atoms with E-state index >= 15 is 0 Å². The van der Waals surface area contributed by atoms with Crippen LogP contribution < -0.4 is 0 Å². The van der Waals surface area contributed by atoms with E-state index in [4.69, 9.17) is 0 Å². The number of aromatic carboxylic acids is 2. The molecule has 4 N–H and O–H groups in total. The van der Waals surface area contributed by atoms with E-state index in [1.165, 1.54) is 18.3 Å². The van der Waals surface area contributed by atoms with Crippen LogP contribution >= 0.6 is 11.3 Å². The number of H-pyrrole nitrogens is 1. The van der Waals surface area contributed by atoms with Gasteiger partial charge >= 0.3 is 11.9 Å². The van der Waals surface area contributed by atoms with E-state index in [2.05, 4.69) is 4.98 Å². The summed E-state index contributed by atoms with van der Waals surface area (Å²) >= 11 is 0.685. The second-order valence-corrected chi connectivity index (χ2v) is 7.24. The molecule has 29 heavy (non-hydrogen) atoms. The summed E-state index contributed by atoms with van der Waals surface area (Å²) in [7, 11) is 0. The van der Waals surface area contributed by atoms with Crippen molar-refractivity contribution in [3.05, 3.63) is 75.6 Å². The number of fused-ring (bicyclic) bond motifs is 1. The molecule has 0 unspecified atom stereocenters. The summed E-state index contributed by atoms with van der Waals surface area (Å²) in [5.41, 5.74) is 0.993. The summed E-state index contributed by atoms with van der Waals surface area (Å²) < 4.78 is 0. The average Bonchev–Trinajstić information content (AvgIpc) is 3.29. The van der Waals surface area contributed by atoms with Gasteiger partial charge < -0.3 is 20.3 Å². The number of thiophene rings is 1. The molecule has 4 rings (SSSR count). The first-order valence-corrected chi connectivity index (χ1v) is 9.24. The minimum atomic E-state index is -1.25. The maximum absolute atomic E-state index is 13.1. The second kappa shape index (κ2) is 6.92. The summed E-state index contributed by atoms with van der Waals surface area (Å²) in [5, 5.41) is 30.0. The summed E-state index contributed by atoms with van der Waals surface area (Å²) in [5.74, 6) is -3.40. The predicted molar refractivity (Wildman–Crippen MR) is 107 cm³/mol. The van der Waals surface area contributed by atoms with Gasteiger partial charge in [0, 0.05) is 22.7 Å². The Morgan fingerprint density at radius 2 is 1.55 bits per heavy atom. The Balaban J connectivity index is 1.89. The maximum atomic E-state index is 13.1. The Morgan fingerprint density at radius 3 is 2.21 bits per heavy atom. The number of carboxylic acids is 2. The van der Waals surface area contributed by atoms with Gasteiger partial charge in [0.2, 0.25) is 5.78 Å². The third kappa shape index (κ3) is 2.95. The van der Waals surface area contributed by atoms with Gasteiger partial charge in [-0.25, -0.2) is 9.59 Å². The molecule has 144 valence electrons. The molecule has 2 heterocycles. The first-order chi connectivity index (χ1) is 13.9. The number of rotatable bonds is 5. The number of carboxylic acid groups (broad SMARTS) is 2. The fraction of sp³-hybridized carbons (Fsp3) is 0. The topological polar surface area (TPSA) is 128 Å². The van der Waals surface area contributed by atoms with E-state index < -0.39 is 23.5 Å². The Labute approximate surface area is 167 Å². The van der Waals surface area contributed by atoms with Crippen molar-refractivity contribution in [3.8, 4) is 16.9 Å². The number of para-hydroxylation sites is 1. The number of nitrogens with one attached hydrogen (secondary N) is 1. The molecule has 0 saturated heterocycles. The molecule has 0 bridgehead atoms. The van der Waals surface area contributed by atoms with Gasteiger partial charge in [0.1, 0.15) is 15.5 Å². The third-order valence-corrected chi connectivity index (χ3v) is 5.70. The van der Waals surface area contributed by atoms with Crippen molar-refractivity contribution in [2.45, 2.75) is 0 Å². The first kappa shape index (κ1) is 18.5. The molecule has 4 aromatic rings. The van der Waals surface area contributed by atoms with Crippen molar-refractivity contribution in [1.29, 1.82) is 0 Å². The van der Waals surface area contributed by atoms with Crippen LogP contribution in [0, 0.1) is 0 Å². The lowest BCUT2D eigenvalue weighted by molar-refractivity contribution is 0.0689. The zero-order chi connectivity index (χ0) is 20.7. The van der Waals surface area contributed by atoms with E-state index in [0.717, 1.165) is 0 Å². The zero-order valence-corrected chi connectivity index (χ0v) is 15.5. The minimum absolute atomic E-state index is 0.00755. The molecule has 8 heteroatoms. The molecule has 0 atom stereocenters. The molecule has 0 amide bonds. The smallest absolute Gasteiger partial charge is 0.346 e. The molecule has 0 spiro atoms. The van der Waals surface area contributed by atoms with Crippen LogP contribution in [0.1, 0.15) is 35.3 Å². The van der Waals surface area contributed by atoms with Crippen molar-refractivity contribution in [1.82, 2.24) is 4.98 Å². The van der Waals surface area contributed by atoms with Crippen LogP contribution in [-0.2, 0) is 0 Å². The first-order valence-electron chi connectivity index (χ1n) is 8.42. The molecule has 0 fully saturated rings. The maximum Gasteiger partial charge on any atom is 0.346 e. The normalized spacial score (nSPS) is 10.9. The number of aromatic hydroxyl groups is 1. The summed E-state index contributed by atoms with van der Waals surface area (Å²) in [6, 6.07) is 13.0. The fourth-order valence-corrected chi connectivity index (χ4v) is 4.25. The van der Waals surface area contributed by atoms with Gasteiger partial charge in [-0.3, -0.25) is 4.79 Å². The zero-order valence-electron chi connectivity index (χ0n) is 14.7. The minimum Gasteiger partial charge on any atom is -0.506 e. The van der Waals surface area contributed by atoms with Crippen LogP contribution in [0.25, 0.3) is 22.0 Å². The molecular formula is C21H13NO6S. The van der Waals surface area contributed by atoms with Crippen molar-refractivity contribution in [3.63, 3.8) is 0 Å². The Hall–Kier alpha value is -3.91. The number of hydrogen-bond acceptors (Lipinski definition) is 5. The lowest BCUT2D eigenvalue weighted by Gasteiger charge is -2.02. The predicted octanol–water partition coefficient (Wildman–Crippen LogP) is 4.23. The molecule has 0 aliphatic heterocycles. The highest BCUT2D eigenvalue weighted by atomic mass is 32.1. The van der Waals surface area contributed by atoms with Crippen LogP contribution in [0.2, 0.25) is 0 Å². The van der Waals surface area contributed by atoms with Crippen LogP contribution in [0.5, 0.6) is 5.75 Å². The highest BCUT2D eigenvalue weighted by Gasteiger charge is 2.29. The van der Waals surface area contributed by atoms with Gasteiger partial charge in [-0.05, 0) is 11.6 Å². The summed E-state index contributed by atoms with van der Waals surface area (Å²) in [4.78, 5) is 38.8. The largest absolute Gasteiger partial charge is 0.506 e. The summed E-state index contributed by atoms with van der Waals surface area (Å²) in [6.45, 7) is 0. The molecule has 2 aromatic heterocycles. The number of carbonyl (C=O) groups excluding carboxylic acids is 1. The third-order valence-electron chi connectivity index (χ3n) is 4.54. The van der Waals surface area contributed by atoms with E-state index in [-0.39, 0.29) is 32.0 Å². The summed E-state index contributed by atoms with van der Waals surface area (Å²) in [6.07, 6.45) is 1.36. The van der Waals surface area contributed by atoms with Gasteiger partial charge in [0.15, 0.2) is 0 Å². The Kier molecular flexibility index (Phi) is 4.40. The standard InChI is InChI=1S/C21H13NO6S/c23-16(13-9-22-15-11(13)7-4-8-12(15)20(25)26)19-17(24)14(18(29-19)21(27)28)10-5-2-1-3-6-10/h1-9,22,24H,(H,25,26)(H,27,28). The van der Waals surface area contributed by atoms with Gasteiger partial charge in [-0.2, -0.15) is 0 Å². The number of aromatic amines is 1. The van der Waals surface area contributed by atoms with Crippen molar-refractivity contribution in [2.24, 2.45) is 0 Å². The van der Waals surface area contributed by atoms with Crippen LogP contribution in [0.3, 0.4) is 0 Å². The Morgan fingerprint density at radius 1 is 0.828 bits per heavy atom.